The van der Waals surface area contributed by atoms with Crippen molar-refractivity contribution in [3.8, 4) is 17.6 Å². The smallest absolute Gasteiger partial charge is 0.251 e. The third kappa shape index (κ3) is 8.93. The molecule has 0 radical (unpaired) electrons. The van der Waals surface area contributed by atoms with Crippen molar-refractivity contribution < 1.29 is 26.7 Å². The molecule has 1 unspecified atom stereocenters. The SMILES string of the molecule is CN(c1cc(C(=O)NC(CCNCC#CC2CC2)COc2cc(F)cc(F)c2)cc(Cl)n1)S(C)(=O)=O. The molecule has 0 aliphatic heterocycles. The van der Waals surface area contributed by atoms with E-state index in [-0.39, 0.29) is 28.9 Å². The Morgan fingerprint density at radius 2 is 1.94 bits per heavy atom. The van der Waals surface area contributed by atoms with E-state index in [1.54, 1.807) is 0 Å². The molecule has 0 bridgehead atoms. The number of amides is 1. The second-order valence-electron chi connectivity index (χ2n) is 8.41. The summed E-state index contributed by atoms with van der Waals surface area (Å²) >= 11 is 6.02. The normalized spacial score (nSPS) is 13.9. The van der Waals surface area contributed by atoms with Crippen LogP contribution in [0.1, 0.15) is 29.6 Å². The number of nitrogens with one attached hydrogen (secondary N) is 2. The molecule has 0 saturated heterocycles. The number of sulfonamides is 1. The topological polar surface area (TPSA) is 101 Å². The summed E-state index contributed by atoms with van der Waals surface area (Å²) in [6, 6.07) is 4.87. The summed E-state index contributed by atoms with van der Waals surface area (Å²) in [6.45, 7) is 0.914. The van der Waals surface area contributed by atoms with Gasteiger partial charge in [-0.25, -0.2) is 22.2 Å². The molecule has 2 N–H and O–H groups in total. The molecule has 1 aromatic heterocycles. The lowest BCUT2D eigenvalue weighted by Crippen LogP contribution is -2.41. The summed E-state index contributed by atoms with van der Waals surface area (Å²) in [4.78, 5) is 16.9. The van der Waals surface area contributed by atoms with E-state index in [4.69, 9.17) is 16.3 Å². The van der Waals surface area contributed by atoms with E-state index < -0.39 is 33.6 Å². The fraction of sp³-hybridized carbons (Fsp3) is 0.417. The van der Waals surface area contributed by atoms with Gasteiger partial charge in [-0.15, -0.1) is 0 Å². The first-order chi connectivity index (χ1) is 17.0. The van der Waals surface area contributed by atoms with Crippen LogP contribution in [0.4, 0.5) is 14.6 Å². The van der Waals surface area contributed by atoms with Crippen molar-refractivity contribution >= 4 is 33.3 Å². The molecule has 1 aromatic carbocycles. The van der Waals surface area contributed by atoms with Crippen LogP contribution < -0.4 is 19.7 Å². The Kier molecular flexibility index (Phi) is 9.48. The van der Waals surface area contributed by atoms with Gasteiger partial charge in [-0.1, -0.05) is 23.4 Å². The number of ether oxygens (including phenoxy) is 1. The summed E-state index contributed by atoms with van der Waals surface area (Å²) in [7, 11) is -2.33. The first-order valence-corrected chi connectivity index (χ1v) is 13.4. The molecule has 0 spiro atoms. The summed E-state index contributed by atoms with van der Waals surface area (Å²) < 4.78 is 57.2. The zero-order valence-electron chi connectivity index (χ0n) is 19.9. The number of nitrogens with zero attached hydrogens (tertiary/aromatic N) is 2. The van der Waals surface area contributed by atoms with Crippen molar-refractivity contribution in [3.63, 3.8) is 0 Å². The van der Waals surface area contributed by atoms with E-state index in [0.717, 1.165) is 41.6 Å². The van der Waals surface area contributed by atoms with Gasteiger partial charge in [-0.2, -0.15) is 0 Å². The summed E-state index contributed by atoms with van der Waals surface area (Å²) in [5.41, 5.74) is 0.0885. The molecule has 1 amide bonds. The number of carbonyl (C=O) groups is 1. The number of pyridine rings is 1. The number of carbonyl (C=O) groups excluding carboxylic acids is 1. The van der Waals surface area contributed by atoms with Crippen molar-refractivity contribution in [2.24, 2.45) is 5.92 Å². The summed E-state index contributed by atoms with van der Waals surface area (Å²) in [6.07, 6.45) is 3.70. The minimum atomic E-state index is -3.63. The van der Waals surface area contributed by atoms with Gasteiger partial charge in [0.1, 0.15) is 35.0 Å². The number of halogens is 3. The molecular formula is C24H27ClF2N4O4S. The van der Waals surface area contributed by atoms with Crippen LogP contribution in [0.2, 0.25) is 5.15 Å². The summed E-state index contributed by atoms with van der Waals surface area (Å²) in [5.74, 6) is 4.55. The standard InChI is InChI=1S/C24H27ClF2N4O4S/c1-31(36(2,33)34)23-11-17(10-22(25)30-23)24(32)29-20(7-9-28-8-3-4-16-5-6-16)15-35-21-13-18(26)12-19(27)14-21/h10-14,16,20,28H,5-9,15H2,1-2H3,(H,29,32). The van der Waals surface area contributed by atoms with Crippen LogP contribution in [0.15, 0.2) is 30.3 Å². The van der Waals surface area contributed by atoms with Gasteiger partial charge in [-0.3, -0.25) is 9.10 Å². The molecule has 36 heavy (non-hydrogen) atoms. The Balaban J connectivity index is 1.68. The number of hydrogen-bond donors (Lipinski definition) is 2. The van der Waals surface area contributed by atoms with Crippen molar-refractivity contribution in [1.82, 2.24) is 15.6 Å². The maximum atomic E-state index is 13.5. The zero-order valence-corrected chi connectivity index (χ0v) is 21.4. The second-order valence-corrected chi connectivity index (χ2v) is 10.8. The van der Waals surface area contributed by atoms with Gasteiger partial charge in [0.2, 0.25) is 10.0 Å². The van der Waals surface area contributed by atoms with Gasteiger partial charge in [-0.05, 0) is 37.9 Å². The highest BCUT2D eigenvalue weighted by Gasteiger charge is 2.20. The molecule has 12 heteroatoms. The molecule has 194 valence electrons. The van der Waals surface area contributed by atoms with Crippen molar-refractivity contribution in [2.45, 2.75) is 25.3 Å². The average molecular weight is 541 g/mol. The molecule has 1 heterocycles. The minimum Gasteiger partial charge on any atom is -0.491 e. The van der Waals surface area contributed by atoms with Crippen LogP contribution in [-0.2, 0) is 10.0 Å². The largest absolute Gasteiger partial charge is 0.491 e. The average Bonchev–Trinajstić information content (AvgIpc) is 3.61. The fourth-order valence-corrected chi connectivity index (χ4v) is 3.71. The molecule has 1 fully saturated rings. The zero-order chi connectivity index (χ0) is 26.3. The van der Waals surface area contributed by atoms with Crippen LogP contribution in [0.5, 0.6) is 5.75 Å². The van der Waals surface area contributed by atoms with Gasteiger partial charge in [0.15, 0.2) is 0 Å². The molecule has 3 rings (SSSR count). The van der Waals surface area contributed by atoms with Crippen LogP contribution in [0.3, 0.4) is 0 Å². The molecule has 2 aromatic rings. The monoisotopic (exact) mass is 540 g/mol. The molecule has 1 aliphatic rings. The fourth-order valence-electron chi connectivity index (χ4n) is 3.07. The van der Waals surface area contributed by atoms with E-state index >= 15 is 0 Å². The van der Waals surface area contributed by atoms with E-state index in [1.165, 1.54) is 19.2 Å². The first-order valence-electron chi connectivity index (χ1n) is 11.2. The van der Waals surface area contributed by atoms with E-state index in [2.05, 4.69) is 27.5 Å². The van der Waals surface area contributed by atoms with Gasteiger partial charge in [0.05, 0.1) is 18.8 Å². The van der Waals surface area contributed by atoms with Crippen LogP contribution in [-0.4, -0.2) is 58.4 Å². The van der Waals surface area contributed by atoms with Crippen LogP contribution in [0, 0.1) is 29.4 Å². The molecule has 8 nitrogen and oxygen atoms in total. The highest BCUT2D eigenvalue weighted by atomic mass is 35.5. The molecule has 1 saturated carbocycles. The quantitative estimate of drug-likeness (QED) is 0.258. The van der Waals surface area contributed by atoms with E-state index in [1.807, 2.05) is 0 Å². The van der Waals surface area contributed by atoms with E-state index in [0.29, 0.717) is 25.4 Å². The summed E-state index contributed by atoms with van der Waals surface area (Å²) in [5, 5.41) is 5.91. The van der Waals surface area contributed by atoms with Crippen molar-refractivity contribution in [3.05, 3.63) is 52.7 Å². The number of anilines is 1. The highest BCUT2D eigenvalue weighted by molar-refractivity contribution is 7.92. The minimum absolute atomic E-state index is 0.0148. The Bertz CT molecular complexity index is 1240. The highest BCUT2D eigenvalue weighted by Crippen LogP contribution is 2.27. The number of hydrogen-bond acceptors (Lipinski definition) is 6. The predicted octanol–water partition coefficient (Wildman–Crippen LogP) is 2.98. The predicted molar refractivity (Wildman–Crippen MR) is 134 cm³/mol. The van der Waals surface area contributed by atoms with E-state index in [9.17, 15) is 22.0 Å². The number of aromatic nitrogens is 1. The van der Waals surface area contributed by atoms with Crippen molar-refractivity contribution in [1.29, 1.82) is 0 Å². The Hall–Kier alpha value is -2.94. The molecular weight excluding hydrogens is 514 g/mol. The first kappa shape index (κ1) is 27.6. The maximum absolute atomic E-state index is 13.5. The maximum Gasteiger partial charge on any atom is 0.251 e. The van der Waals surface area contributed by atoms with Gasteiger partial charge < -0.3 is 15.4 Å². The van der Waals surface area contributed by atoms with Gasteiger partial charge in [0, 0.05) is 36.7 Å². The van der Waals surface area contributed by atoms with Gasteiger partial charge in [0.25, 0.3) is 5.91 Å². The molecule has 1 atom stereocenters. The third-order valence-electron chi connectivity index (χ3n) is 5.25. The Labute approximate surface area is 214 Å². The van der Waals surface area contributed by atoms with Crippen LogP contribution >= 0.6 is 11.6 Å². The molecule has 1 aliphatic carbocycles. The van der Waals surface area contributed by atoms with Gasteiger partial charge >= 0.3 is 0 Å². The van der Waals surface area contributed by atoms with Crippen molar-refractivity contribution in [2.75, 3.05) is 37.3 Å². The van der Waals surface area contributed by atoms with Crippen LogP contribution in [0.25, 0.3) is 0 Å². The Morgan fingerprint density at radius 1 is 1.25 bits per heavy atom. The lowest BCUT2D eigenvalue weighted by atomic mass is 10.1. The number of rotatable bonds is 11. The lowest BCUT2D eigenvalue weighted by Gasteiger charge is -2.21. The third-order valence-corrected chi connectivity index (χ3v) is 6.63. The lowest BCUT2D eigenvalue weighted by molar-refractivity contribution is 0.0918. The number of benzene rings is 1. The Morgan fingerprint density at radius 3 is 2.58 bits per heavy atom. The second kappa shape index (κ2) is 12.3.